The molecule has 0 bridgehead atoms. The summed E-state index contributed by atoms with van der Waals surface area (Å²) in [4.78, 5) is 15.4. The number of aromatic nitrogens is 1. The van der Waals surface area contributed by atoms with E-state index in [1.165, 1.54) is 43.8 Å². The molecule has 140 valence electrons. The third-order valence-electron chi connectivity index (χ3n) is 3.74. The van der Waals surface area contributed by atoms with Crippen LogP contribution in [0.15, 0.2) is 53.7 Å². The first kappa shape index (κ1) is 19.8. The molecule has 0 amide bonds. The molecular formula is C17H19FN2O5S. The zero-order valence-electron chi connectivity index (χ0n) is 14.1. The Bertz CT molecular complexity index is 828. The number of carboxylic acid groups (broad SMARTS) is 1. The molecular weight excluding hydrogens is 363 g/mol. The Morgan fingerprint density at radius 1 is 1.31 bits per heavy atom. The molecule has 0 unspecified atom stereocenters. The van der Waals surface area contributed by atoms with Crippen LogP contribution in [0.3, 0.4) is 0 Å². The summed E-state index contributed by atoms with van der Waals surface area (Å²) < 4.78 is 44.7. The summed E-state index contributed by atoms with van der Waals surface area (Å²) in [6, 6.07) is 7.25. The van der Waals surface area contributed by atoms with Gasteiger partial charge in [-0.1, -0.05) is 6.07 Å². The Balaban J connectivity index is 2.47. The number of pyridine rings is 1. The molecule has 0 aliphatic carbocycles. The van der Waals surface area contributed by atoms with Crippen LogP contribution in [-0.4, -0.2) is 48.6 Å². The van der Waals surface area contributed by atoms with Crippen LogP contribution >= 0.6 is 0 Å². The molecule has 26 heavy (non-hydrogen) atoms. The molecule has 0 spiro atoms. The largest absolute Gasteiger partial charge is 0.497 e. The summed E-state index contributed by atoms with van der Waals surface area (Å²) in [6.07, 6.45) is 2.50. The monoisotopic (exact) mass is 382 g/mol. The average Bonchev–Trinajstić information content (AvgIpc) is 2.65. The maximum absolute atomic E-state index is 13.0. The van der Waals surface area contributed by atoms with Gasteiger partial charge in [0.2, 0.25) is 10.0 Å². The number of hydrogen-bond acceptors (Lipinski definition) is 5. The SMILES string of the molecule is COc1ccc(S(=O)(=O)N(Cc2cccnc2)[C@@H](CCF)C(=O)O)cc1. The fourth-order valence-electron chi connectivity index (χ4n) is 2.41. The number of methoxy groups -OCH3 is 1. The second kappa shape index (κ2) is 8.72. The summed E-state index contributed by atoms with van der Waals surface area (Å²) in [6.45, 7) is -1.20. The van der Waals surface area contributed by atoms with Crippen LogP contribution in [-0.2, 0) is 21.4 Å². The van der Waals surface area contributed by atoms with Crippen LogP contribution in [0.4, 0.5) is 4.39 Å². The van der Waals surface area contributed by atoms with Crippen molar-refractivity contribution in [2.45, 2.75) is 23.9 Å². The Morgan fingerprint density at radius 2 is 2.00 bits per heavy atom. The van der Waals surface area contributed by atoms with Gasteiger partial charge in [-0.3, -0.25) is 14.2 Å². The average molecular weight is 382 g/mol. The van der Waals surface area contributed by atoms with E-state index in [1.54, 1.807) is 12.1 Å². The minimum absolute atomic E-state index is 0.104. The van der Waals surface area contributed by atoms with Gasteiger partial charge in [0.15, 0.2) is 0 Å². The molecule has 0 aliphatic heterocycles. The van der Waals surface area contributed by atoms with Gasteiger partial charge in [0, 0.05) is 25.4 Å². The van der Waals surface area contributed by atoms with E-state index in [2.05, 4.69) is 4.98 Å². The van der Waals surface area contributed by atoms with Gasteiger partial charge in [0.1, 0.15) is 11.8 Å². The molecule has 9 heteroatoms. The molecule has 0 saturated carbocycles. The molecule has 7 nitrogen and oxygen atoms in total. The molecule has 0 saturated heterocycles. The van der Waals surface area contributed by atoms with Crippen molar-refractivity contribution in [3.63, 3.8) is 0 Å². The van der Waals surface area contributed by atoms with E-state index in [0.717, 1.165) is 4.31 Å². The Labute approximate surface area is 151 Å². The Morgan fingerprint density at radius 3 is 2.50 bits per heavy atom. The first-order valence-electron chi connectivity index (χ1n) is 7.73. The van der Waals surface area contributed by atoms with E-state index in [0.29, 0.717) is 11.3 Å². The van der Waals surface area contributed by atoms with Gasteiger partial charge < -0.3 is 9.84 Å². The number of carboxylic acids is 1. The van der Waals surface area contributed by atoms with Crippen molar-refractivity contribution >= 4 is 16.0 Å². The van der Waals surface area contributed by atoms with E-state index in [4.69, 9.17) is 4.74 Å². The number of nitrogens with zero attached hydrogens (tertiary/aromatic N) is 2. The lowest BCUT2D eigenvalue weighted by atomic mass is 10.2. The molecule has 1 atom stereocenters. The molecule has 0 fully saturated rings. The first-order valence-corrected chi connectivity index (χ1v) is 9.17. The molecule has 2 rings (SSSR count). The molecule has 1 N–H and O–H groups in total. The van der Waals surface area contributed by atoms with E-state index >= 15 is 0 Å². The third-order valence-corrected chi connectivity index (χ3v) is 5.61. The number of hydrogen-bond donors (Lipinski definition) is 1. The fourth-order valence-corrected chi connectivity index (χ4v) is 4.01. The zero-order chi connectivity index (χ0) is 19.2. The number of sulfonamides is 1. The normalized spacial score (nSPS) is 12.7. The minimum atomic E-state index is -4.19. The lowest BCUT2D eigenvalue weighted by molar-refractivity contribution is -0.142. The maximum atomic E-state index is 13.0. The maximum Gasteiger partial charge on any atom is 0.322 e. The van der Waals surface area contributed by atoms with E-state index in [-0.39, 0.29) is 11.4 Å². The van der Waals surface area contributed by atoms with Crippen molar-refractivity contribution < 1.29 is 27.4 Å². The summed E-state index contributed by atoms with van der Waals surface area (Å²) in [5.74, 6) is -0.954. The van der Waals surface area contributed by atoms with Crippen LogP contribution in [0.2, 0.25) is 0 Å². The van der Waals surface area contributed by atoms with Crippen LogP contribution in [0, 0.1) is 0 Å². The smallest absolute Gasteiger partial charge is 0.322 e. The van der Waals surface area contributed by atoms with Crippen LogP contribution in [0.5, 0.6) is 5.75 Å². The highest BCUT2D eigenvalue weighted by molar-refractivity contribution is 7.89. The van der Waals surface area contributed by atoms with Crippen molar-refractivity contribution in [1.82, 2.24) is 9.29 Å². The number of rotatable bonds is 9. The lowest BCUT2D eigenvalue weighted by Gasteiger charge is -2.27. The van der Waals surface area contributed by atoms with Crippen molar-refractivity contribution in [2.24, 2.45) is 0 Å². The molecule has 0 radical (unpaired) electrons. The van der Waals surface area contributed by atoms with Crippen molar-refractivity contribution in [3.05, 3.63) is 54.4 Å². The summed E-state index contributed by atoms with van der Waals surface area (Å²) in [5.41, 5.74) is 0.495. The first-order chi connectivity index (χ1) is 12.4. The highest BCUT2D eigenvalue weighted by atomic mass is 32.2. The number of alkyl halides is 1. The fraction of sp³-hybridized carbons (Fsp3) is 0.294. The minimum Gasteiger partial charge on any atom is -0.497 e. The van der Waals surface area contributed by atoms with Gasteiger partial charge in [-0.05, 0) is 35.9 Å². The number of benzene rings is 1. The van der Waals surface area contributed by atoms with Crippen LogP contribution in [0.25, 0.3) is 0 Å². The number of halogens is 1. The van der Waals surface area contributed by atoms with E-state index in [9.17, 15) is 22.7 Å². The van der Waals surface area contributed by atoms with E-state index < -0.39 is 35.1 Å². The van der Waals surface area contributed by atoms with Gasteiger partial charge in [0.05, 0.1) is 18.7 Å². The zero-order valence-corrected chi connectivity index (χ0v) is 14.9. The predicted molar refractivity (Wildman–Crippen MR) is 92.0 cm³/mol. The summed E-state index contributed by atoms with van der Waals surface area (Å²) >= 11 is 0. The van der Waals surface area contributed by atoms with Crippen LogP contribution < -0.4 is 4.74 Å². The standard InChI is InChI=1S/C17H19FN2O5S/c1-25-14-4-6-15(7-5-14)26(23,24)20(16(8-9-18)17(21)22)12-13-3-2-10-19-11-13/h2-7,10-11,16H,8-9,12H2,1H3,(H,21,22)/t16-/m0/s1. The number of aliphatic carboxylic acids is 1. The number of carbonyl (C=O) groups is 1. The van der Waals surface area contributed by atoms with Gasteiger partial charge in [-0.2, -0.15) is 4.31 Å². The van der Waals surface area contributed by atoms with Crippen molar-refractivity contribution in [1.29, 1.82) is 0 Å². The van der Waals surface area contributed by atoms with Crippen molar-refractivity contribution in [3.8, 4) is 5.75 Å². The summed E-state index contributed by atoms with van der Waals surface area (Å²) in [7, 11) is -2.74. The van der Waals surface area contributed by atoms with Gasteiger partial charge in [-0.15, -0.1) is 0 Å². The summed E-state index contributed by atoms with van der Waals surface area (Å²) in [5, 5.41) is 9.44. The van der Waals surface area contributed by atoms with E-state index in [1.807, 2.05) is 0 Å². The topological polar surface area (TPSA) is 96.8 Å². The lowest BCUT2D eigenvalue weighted by Crippen LogP contribution is -2.44. The number of ether oxygens (including phenoxy) is 1. The quantitative estimate of drug-likeness (QED) is 0.713. The molecule has 1 aromatic carbocycles. The molecule has 1 heterocycles. The highest BCUT2D eigenvalue weighted by Crippen LogP contribution is 2.24. The Hall–Kier alpha value is -2.52. The molecule has 0 aliphatic rings. The van der Waals surface area contributed by atoms with Gasteiger partial charge in [0.25, 0.3) is 0 Å². The van der Waals surface area contributed by atoms with Crippen LogP contribution in [0.1, 0.15) is 12.0 Å². The third kappa shape index (κ3) is 4.55. The van der Waals surface area contributed by atoms with Crippen molar-refractivity contribution in [2.75, 3.05) is 13.8 Å². The Kier molecular flexibility index (Phi) is 6.64. The second-order valence-electron chi connectivity index (χ2n) is 5.42. The van der Waals surface area contributed by atoms with Gasteiger partial charge >= 0.3 is 5.97 Å². The van der Waals surface area contributed by atoms with Gasteiger partial charge in [-0.25, -0.2) is 8.42 Å². The highest BCUT2D eigenvalue weighted by Gasteiger charge is 2.36. The second-order valence-corrected chi connectivity index (χ2v) is 7.31. The molecule has 2 aromatic rings. The predicted octanol–water partition coefficient (Wildman–Crippen LogP) is 2.09. The molecule has 1 aromatic heterocycles.